The summed E-state index contributed by atoms with van der Waals surface area (Å²) in [7, 11) is -3.13. The average molecular weight is 641 g/mol. The molecule has 0 spiro atoms. The molecule has 1 fully saturated rings. The molecular weight excluding hydrogens is 613 g/mol. The Kier molecular flexibility index (Phi) is 8.36. The summed E-state index contributed by atoms with van der Waals surface area (Å²) in [5.74, 6) is -1.30. The summed E-state index contributed by atoms with van der Waals surface area (Å²) in [6.07, 6.45) is -5.02. The average Bonchev–Trinajstić information content (AvgIpc) is 3.62. The van der Waals surface area contributed by atoms with Gasteiger partial charge < -0.3 is 14.3 Å². The molecule has 236 valence electrons. The number of benzene rings is 2. The van der Waals surface area contributed by atoms with Gasteiger partial charge in [-0.05, 0) is 50.1 Å². The number of carbonyl (C=O) groups excluding carboxylic acids is 2. The van der Waals surface area contributed by atoms with Crippen molar-refractivity contribution in [2.45, 2.75) is 30.8 Å². The minimum Gasteiger partial charge on any atom is -0.438 e. The van der Waals surface area contributed by atoms with E-state index < -0.39 is 46.7 Å². The maximum Gasteiger partial charge on any atom is 0.510 e. The van der Waals surface area contributed by atoms with E-state index >= 15 is 0 Å². The summed E-state index contributed by atoms with van der Waals surface area (Å²) < 4.78 is 83.6. The van der Waals surface area contributed by atoms with Crippen LogP contribution in [0.4, 0.5) is 18.0 Å². The van der Waals surface area contributed by atoms with Crippen LogP contribution >= 0.6 is 0 Å². The number of nitrogens with one attached hydrogen (secondary N) is 1. The SMILES string of the molecule is COC(=O)OCOn1on1N1CCC(C(=O)NS(=O)(=O)c2ccc(-n3nc(C(F)(F)F)cc3-c3ccc(C)cc3)cc2)CC1. The maximum absolute atomic E-state index is 13.5. The van der Waals surface area contributed by atoms with E-state index in [1.807, 2.05) is 6.92 Å². The molecule has 0 radical (unpaired) electrons. The van der Waals surface area contributed by atoms with Crippen LogP contribution in [0.25, 0.3) is 16.9 Å². The molecule has 1 amide bonds. The largest absolute Gasteiger partial charge is 0.510 e. The zero-order valence-electron chi connectivity index (χ0n) is 23.4. The molecule has 0 atom stereocenters. The zero-order chi connectivity index (χ0) is 31.6. The molecule has 0 unspecified atom stereocenters. The van der Waals surface area contributed by atoms with E-state index in [1.165, 1.54) is 29.2 Å². The van der Waals surface area contributed by atoms with Crippen LogP contribution in [0, 0.1) is 12.8 Å². The second kappa shape index (κ2) is 12.0. The summed E-state index contributed by atoms with van der Waals surface area (Å²) in [5.41, 5.74) is 0.687. The molecule has 2 aromatic carbocycles. The molecule has 1 aliphatic heterocycles. The van der Waals surface area contributed by atoms with Crippen LogP contribution in [-0.2, 0) is 30.5 Å². The molecule has 3 heterocycles. The molecule has 44 heavy (non-hydrogen) atoms. The van der Waals surface area contributed by atoms with Gasteiger partial charge in [0.15, 0.2) is 5.69 Å². The van der Waals surface area contributed by atoms with E-state index in [4.69, 9.17) is 9.47 Å². The lowest BCUT2D eigenvalue weighted by atomic mass is 9.97. The molecule has 1 saturated heterocycles. The Balaban J connectivity index is 1.21. The smallest absolute Gasteiger partial charge is 0.438 e. The van der Waals surface area contributed by atoms with Gasteiger partial charge in [0.1, 0.15) is 5.02 Å². The molecular formula is C26H27F3N6O8S. The topological polar surface area (TPSA) is 152 Å². The summed E-state index contributed by atoms with van der Waals surface area (Å²) in [6.45, 7) is 2.06. The van der Waals surface area contributed by atoms with Gasteiger partial charge in [-0.1, -0.05) is 29.8 Å². The number of halogens is 3. The fourth-order valence-electron chi connectivity index (χ4n) is 4.44. The van der Waals surface area contributed by atoms with Crippen LogP contribution in [0.15, 0.2) is 64.1 Å². The number of hydrogen-bond donors (Lipinski definition) is 1. The van der Waals surface area contributed by atoms with E-state index in [0.29, 0.717) is 31.5 Å². The van der Waals surface area contributed by atoms with Gasteiger partial charge in [0.25, 0.3) is 16.8 Å². The van der Waals surface area contributed by atoms with Gasteiger partial charge in [-0.25, -0.2) is 22.6 Å². The highest BCUT2D eigenvalue weighted by molar-refractivity contribution is 7.90. The molecule has 0 saturated carbocycles. The van der Waals surface area contributed by atoms with Crippen LogP contribution in [0.3, 0.4) is 0 Å². The number of methoxy groups -OCH3 is 1. The third kappa shape index (κ3) is 6.85. The fourth-order valence-corrected chi connectivity index (χ4v) is 5.48. The Bertz CT molecular complexity index is 1710. The third-order valence-electron chi connectivity index (χ3n) is 6.82. The van der Waals surface area contributed by atoms with Crippen molar-refractivity contribution in [2.75, 3.05) is 32.0 Å². The molecule has 1 N–H and O–H groups in total. The number of aryl methyl sites for hydroxylation is 1. The van der Waals surface area contributed by atoms with Crippen LogP contribution in [0.5, 0.6) is 0 Å². The zero-order valence-corrected chi connectivity index (χ0v) is 24.2. The molecule has 1 aliphatic rings. The van der Waals surface area contributed by atoms with E-state index in [0.717, 1.165) is 28.4 Å². The summed E-state index contributed by atoms with van der Waals surface area (Å²) in [5, 5.41) is 6.37. The van der Waals surface area contributed by atoms with E-state index in [9.17, 15) is 31.2 Å². The number of aromatic nitrogens is 4. The number of nitrogens with zero attached hydrogens (tertiary/aromatic N) is 5. The number of ether oxygens (including phenoxy) is 2. The molecule has 14 nitrogen and oxygen atoms in total. The number of amides is 1. The first-order chi connectivity index (χ1) is 20.9. The van der Waals surface area contributed by atoms with Crippen molar-refractivity contribution in [3.8, 4) is 16.9 Å². The lowest BCUT2D eigenvalue weighted by Crippen LogP contribution is -2.45. The number of piperidine rings is 1. The standard InChI is InChI=1S/C26H27F3N6O8S/c1-17-3-5-18(6-4-17)22-15-23(26(27,28)29)30-33(22)20-7-9-21(10-8-20)44(38,39)31-24(36)19-11-13-32(14-12-19)34-35(43-34)42-16-41-25(37)40-2/h3-10,15,19H,11-14,16H2,1-2H3,(H,31,36). The minimum absolute atomic E-state index is 0.171. The fraction of sp³-hybridized carbons (Fsp3) is 0.346. The number of carbonyl (C=O) groups is 2. The molecule has 18 heteroatoms. The third-order valence-corrected chi connectivity index (χ3v) is 8.18. The first kappa shape index (κ1) is 30.6. The van der Waals surface area contributed by atoms with E-state index in [1.54, 1.807) is 29.3 Å². The summed E-state index contributed by atoms with van der Waals surface area (Å²) >= 11 is 0. The Hall–Kier alpha value is -4.87. The predicted octanol–water partition coefficient (Wildman–Crippen LogP) is 3.08. The summed E-state index contributed by atoms with van der Waals surface area (Å²) in [6, 6.07) is 12.8. The monoisotopic (exact) mass is 640 g/mol. The summed E-state index contributed by atoms with van der Waals surface area (Å²) in [4.78, 5) is 29.8. The highest BCUT2D eigenvalue weighted by Crippen LogP contribution is 2.33. The highest BCUT2D eigenvalue weighted by atomic mass is 32.2. The van der Waals surface area contributed by atoms with Crippen molar-refractivity contribution >= 4 is 22.1 Å². The molecule has 0 aliphatic carbocycles. The number of hydrogen-bond acceptors (Lipinski definition) is 10. The van der Waals surface area contributed by atoms with Gasteiger partial charge in [-0.15, -0.1) is 0 Å². The van der Waals surface area contributed by atoms with Crippen LogP contribution in [0.2, 0.25) is 0 Å². The van der Waals surface area contributed by atoms with Gasteiger partial charge >= 0.3 is 12.3 Å². The number of sulfonamides is 1. The van der Waals surface area contributed by atoms with Crippen LogP contribution in [0.1, 0.15) is 24.1 Å². The minimum atomic E-state index is -4.69. The number of alkyl halides is 3. The molecule has 2 aromatic heterocycles. The van der Waals surface area contributed by atoms with Gasteiger partial charge in [0.2, 0.25) is 5.91 Å². The lowest BCUT2D eigenvalue weighted by molar-refractivity contribution is -0.141. The van der Waals surface area contributed by atoms with E-state index in [-0.39, 0.29) is 16.3 Å². The first-order valence-corrected chi connectivity index (χ1v) is 14.6. The van der Waals surface area contributed by atoms with Gasteiger partial charge in [0.05, 0.1) is 23.4 Å². The van der Waals surface area contributed by atoms with Crippen molar-refractivity contribution < 1.29 is 50.1 Å². The van der Waals surface area contributed by atoms with Gasteiger partial charge in [-0.3, -0.25) is 9.80 Å². The van der Waals surface area contributed by atoms with E-state index in [2.05, 4.69) is 19.3 Å². The van der Waals surface area contributed by atoms with Crippen molar-refractivity contribution in [1.82, 2.24) is 24.5 Å². The Morgan fingerprint density at radius 2 is 1.73 bits per heavy atom. The normalized spacial score (nSPS) is 14.4. The lowest BCUT2D eigenvalue weighted by Gasteiger charge is -2.28. The molecule has 5 rings (SSSR count). The van der Waals surface area contributed by atoms with Crippen molar-refractivity contribution in [1.29, 1.82) is 0 Å². The first-order valence-electron chi connectivity index (χ1n) is 13.1. The Labute approximate surface area is 248 Å². The van der Waals surface area contributed by atoms with Gasteiger partial charge in [-0.2, -0.15) is 22.9 Å². The van der Waals surface area contributed by atoms with Crippen molar-refractivity contribution in [2.24, 2.45) is 5.92 Å². The van der Waals surface area contributed by atoms with Crippen molar-refractivity contribution in [3.63, 3.8) is 0 Å². The maximum atomic E-state index is 13.5. The number of rotatable bonds is 9. The second-order valence-electron chi connectivity index (χ2n) is 9.80. The molecule has 0 bridgehead atoms. The van der Waals surface area contributed by atoms with Gasteiger partial charge in [0, 0.05) is 29.5 Å². The predicted molar refractivity (Wildman–Crippen MR) is 144 cm³/mol. The highest BCUT2D eigenvalue weighted by Gasteiger charge is 2.36. The Morgan fingerprint density at radius 3 is 2.34 bits per heavy atom. The Morgan fingerprint density at radius 1 is 1.07 bits per heavy atom. The van der Waals surface area contributed by atoms with Crippen LogP contribution in [-0.4, -0.2) is 67.2 Å². The second-order valence-corrected chi connectivity index (χ2v) is 11.5. The quantitative estimate of drug-likeness (QED) is 0.213. The molecule has 4 aromatic rings. The van der Waals surface area contributed by atoms with Crippen molar-refractivity contribution in [3.05, 3.63) is 65.9 Å². The van der Waals surface area contributed by atoms with Crippen LogP contribution < -0.4 is 14.6 Å².